The van der Waals surface area contributed by atoms with Crippen LogP contribution in [0.2, 0.25) is 0 Å². The van der Waals surface area contributed by atoms with Crippen LogP contribution >= 0.6 is 0 Å². The number of H-pyrrole nitrogens is 1. The molecular formula is C12H14N4O3. The van der Waals surface area contributed by atoms with Crippen molar-refractivity contribution in [2.45, 2.75) is 0 Å². The molecule has 0 bridgehead atoms. The molecule has 0 radical (unpaired) electrons. The maximum atomic E-state index is 12.2. The molecule has 2 rings (SSSR count). The molecule has 7 heteroatoms. The molecule has 0 saturated carbocycles. The van der Waals surface area contributed by atoms with Crippen LogP contribution in [-0.4, -0.2) is 69.5 Å². The van der Waals surface area contributed by atoms with E-state index in [0.717, 1.165) is 0 Å². The van der Waals surface area contributed by atoms with E-state index < -0.39 is 5.97 Å². The van der Waals surface area contributed by atoms with Gasteiger partial charge in [-0.3, -0.25) is 9.69 Å². The van der Waals surface area contributed by atoms with Gasteiger partial charge in [0.1, 0.15) is 0 Å². The fraction of sp³-hybridized carbons (Fsp3) is 0.417. The second-order valence-electron chi connectivity index (χ2n) is 4.20. The van der Waals surface area contributed by atoms with Gasteiger partial charge in [0.05, 0.1) is 12.9 Å². The average molecular weight is 262 g/mol. The normalized spacial score (nSPS) is 16.1. The molecule has 2 N–H and O–H groups in total. The first-order valence-electron chi connectivity index (χ1n) is 5.85. The Morgan fingerprint density at radius 1 is 1.42 bits per heavy atom. The molecule has 1 aromatic rings. The van der Waals surface area contributed by atoms with Crippen molar-refractivity contribution < 1.29 is 14.7 Å². The summed E-state index contributed by atoms with van der Waals surface area (Å²) in [6, 6.07) is 0. The number of carbonyl (C=O) groups excluding carboxylic acids is 1. The van der Waals surface area contributed by atoms with Crippen LogP contribution in [-0.2, 0) is 0 Å². The maximum absolute atomic E-state index is 12.2. The summed E-state index contributed by atoms with van der Waals surface area (Å²) in [6.07, 6.45) is 6.45. The summed E-state index contributed by atoms with van der Waals surface area (Å²) in [4.78, 5) is 33.0. The molecule has 0 spiro atoms. The number of carboxylic acid groups (broad SMARTS) is 1. The highest BCUT2D eigenvalue weighted by Gasteiger charge is 2.27. The second kappa shape index (κ2) is 5.54. The third-order valence-corrected chi connectivity index (χ3v) is 3.03. The molecule has 1 aliphatic heterocycles. The van der Waals surface area contributed by atoms with Gasteiger partial charge in [-0.1, -0.05) is 5.92 Å². The largest absolute Gasteiger partial charge is 0.477 e. The minimum atomic E-state index is -1.19. The first-order valence-corrected chi connectivity index (χ1v) is 5.85. The van der Waals surface area contributed by atoms with Crippen molar-refractivity contribution in [1.82, 2.24) is 19.8 Å². The van der Waals surface area contributed by atoms with E-state index in [2.05, 4.69) is 20.8 Å². The number of carboxylic acids is 1. The number of terminal acetylenes is 1. The lowest BCUT2D eigenvalue weighted by Gasteiger charge is -2.33. The zero-order valence-electron chi connectivity index (χ0n) is 10.3. The Morgan fingerprint density at radius 3 is 2.68 bits per heavy atom. The van der Waals surface area contributed by atoms with E-state index in [1.54, 1.807) is 4.90 Å². The summed E-state index contributed by atoms with van der Waals surface area (Å²) in [5, 5.41) is 8.94. The molecular weight excluding hydrogens is 248 g/mol. The molecule has 0 atom stereocenters. The zero-order chi connectivity index (χ0) is 13.8. The van der Waals surface area contributed by atoms with Gasteiger partial charge in [0, 0.05) is 26.2 Å². The Hall–Kier alpha value is -2.33. The van der Waals surface area contributed by atoms with Crippen molar-refractivity contribution in [3.8, 4) is 12.3 Å². The van der Waals surface area contributed by atoms with E-state index in [-0.39, 0.29) is 17.3 Å². The van der Waals surface area contributed by atoms with Crippen molar-refractivity contribution in [3.05, 3.63) is 17.7 Å². The number of nitrogens with one attached hydrogen (secondary N) is 1. The smallest absolute Gasteiger partial charge is 0.354 e. The number of rotatable bonds is 3. The van der Waals surface area contributed by atoms with Gasteiger partial charge >= 0.3 is 5.97 Å². The van der Waals surface area contributed by atoms with Crippen molar-refractivity contribution in [1.29, 1.82) is 0 Å². The number of aromatic carboxylic acids is 1. The predicted molar refractivity (Wildman–Crippen MR) is 66.7 cm³/mol. The van der Waals surface area contributed by atoms with Gasteiger partial charge in [0.25, 0.3) is 5.91 Å². The molecule has 2 heterocycles. The molecule has 7 nitrogen and oxygen atoms in total. The summed E-state index contributed by atoms with van der Waals surface area (Å²) >= 11 is 0. The number of aromatic nitrogens is 2. The van der Waals surface area contributed by atoms with Gasteiger partial charge in [-0.15, -0.1) is 6.42 Å². The number of nitrogens with zero attached hydrogens (tertiary/aromatic N) is 3. The summed E-state index contributed by atoms with van der Waals surface area (Å²) < 4.78 is 0. The molecule has 19 heavy (non-hydrogen) atoms. The number of hydrogen-bond donors (Lipinski definition) is 2. The van der Waals surface area contributed by atoms with Crippen LogP contribution in [0, 0.1) is 12.3 Å². The van der Waals surface area contributed by atoms with E-state index in [4.69, 9.17) is 11.5 Å². The lowest BCUT2D eigenvalue weighted by molar-refractivity contribution is 0.0621. The van der Waals surface area contributed by atoms with E-state index in [9.17, 15) is 9.59 Å². The molecule has 0 unspecified atom stereocenters. The van der Waals surface area contributed by atoms with Crippen LogP contribution in [0.4, 0.5) is 0 Å². The highest BCUT2D eigenvalue weighted by molar-refractivity contribution is 6.02. The van der Waals surface area contributed by atoms with Crippen molar-refractivity contribution in [2.24, 2.45) is 0 Å². The number of carbonyl (C=O) groups is 2. The summed E-state index contributed by atoms with van der Waals surface area (Å²) in [7, 11) is 0. The van der Waals surface area contributed by atoms with Gasteiger partial charge in [-0.2, -0.15) is 0 Å². The Bertz CT molecular complexity index is 523. The summed E-state index contributed by atoms with van der Waals surface area (Å²) in [5.74, 6) is 1.01. The number of aromatic amines is 1. The first-order chi connectivity index (χ1) is 9.13. The number of hydrogen-bond acceptors (Lipinski definition) is 4. The van der Waals surface area contributed by atoms with Gasteiger partial charge < -0.3 is 15.0 Å². The molecule has 100 valence electrons. The molecule has 1 fully saturated rings. The lowest BCUT2D eigenvalue weighted by Crippen LogP contribution is -2.49. The summed E-state index contributed by atoms with van der Waals surface area (Å²) in [6.45, 7) is 2.97. The van der Waals surface area contributed by atoms with Gasteiger partial charge in [0.15, 0.2) is 11.4 Å². The number of piperazine rings is 1. The fourth-order valence-electron chi connectivity index (χ4n) is 2.01. The Labute approximate surface area is 110 Å². The molecule has 1 aromatic heterocycles. The molecule has 1 aliphatic rings. The SMILES string of the molecule is C#CCN1CCN(C(=O)c2nc[nH]c2C(=O)O)CC1. The van der Waals surface area contributed by atoms with Crippen LogP contribution in [0.25, 0.3) is 0 Å². The third-order valence-electron chi connectivity index (χ3n) is 3.03. The fourth-order valence-corrected chi connectivity index (χ4v) is 2.01. The average Bonchev–Trinajstić information content (AvgIpc) is 2.88. The van der Waals surface area contributed by atoms with E-state index in [1.165, 1.54) is 6.33 Å². The highest BCUT2D eigenvalue weighted by Crippen LogP contribution is 2.10. The lowest BCUT2D eigenvalue weighted by atomic mass is 10.2. The van der Waals surface area contributed by atoms with Crippen molar-refractivity contribution in [3.63, 3.8) is 0 Å². The van der Waals surface area contributed by atoms with Gasteiger partial charge in [0.2, 0.25) is 0 Å². The minimum Gasteiger partial charge on any atom is -0.477 e. The Balaban J connectivity index is 2.04. The second-order valence-corrected chi connectivity index (χ2v) is 4.20. The number of imidazole rings is 1. The van der Waals surface area contributed by atoms with Crippen LogP contribution < -0.4 is 0 Å². The zero-order valence-corrected chi connectivity index (χ0v) is 10.3. The molecule has 1 amide bonds. The standard InChI is InChI=1S/C12H14N4O3/c1-2-3-15-4-6-16(7-5-15)11(17)9-10(12(18)19)14-8-13-9/h1,8H,3-7H2,(H,13,14)(H,18,19). The predicted octanol–water partition coefficient (Wildman–Crippen LogP) is -0.501. The Morgan fingerprint density at radius 2 is 2.11 bits per heavy atom. The van der Waals surface area contributed by atoms with E-state index in [1.807, 2.05) is 0 Å². The van der Waals surface area contributed by atoms with Crippen LogP contribution in [0.5, 0.6) is 0 Å². The van der Waals surface area contributed by atoms with Crippen LogP contribution in [0.3, 0.4) is 0 Å². The highest BCUT2D eigenvalue weighted by atomic mass is 16.4. The third kappa shape index (κ3) is 2.74. The van der Waals surface area contributed by atoms with Crippen molar-refractivity contribution >= 4 is 11.9 Å². The minimum absolute atomic E-state index is 0.0436. The van der Waals surface area contributed by atoms with Crippen LogP contribution in [0.15, 0.2) is 6.33 Å². The first kappa shape index (κ1) is 13.1. The molecule has 1 saturated heterocycles. The maximum Gasteiger partial charge on any atom is 0.354 e. The topological polar surface area (TPSA) is 89.5 Å². The summed E-state index contributed by atoms with van der Waals surface area (Å²) in [5.41, 5.74) is -0.214. The van der Waals surface area contributed by atoms with Crippen LogP contribution in [0.1, 0.15) is 21.0 Å². The Kier molecular flexibility index (Phi) is 3.82. The molecule has 0 aromatic carbocycles. The van der Waals surface area contributed by atoms with Gasteiger partial charge in [-0.25, -0.2) is 9.78 Å². The van der Waals surface area contributed by atoms with Crippen molar-refractivity contribution in [2.75, 3.05) is 32.7 Å². The monoisotopic (exact) mass is 262 g/mol. The van der Waals surface area contributed by atoms with E-state index in [0.29, 0.717) is 32.7 Å². The number of amides is 1. The quantitative estimate of drug-likeness (QED) is 0.717. The van der Waals surface area contributed by atoms with E-state index >= 15 is 0 Å². The van der Waals surface area contributed by atoms with Gasteiger partial charge in [-0.05, 0) is 0 Å². The molecule has 0 aliphatic carbocycles.